The molecule has 0 N–H and O–H groups in total. The van der Waals surface area contributed by atoms with Gasteiger partial charge in [-0.05, 0) is 42.7 Å². The highest BCUT2D eigenvalue weighted by molar-refractivity contribution is 6.42. The first kappa shape index (κ1) is 18.0. The fourth-order valence-electron chi connectivity index (χ4n) is 3.59. The number of halogens is 2. The molecule has 138 valence electrons. The van der Waals surface area contributed by atoms with E-state index < -0.39 is 0 Å². The summed E-state index contributed by atoms with van der Waals surface area (Å²) in [5.41, 5.74) is 1.37. The number of hydrogen-bond donors (Lipinski definition) is 0. The van der Waals surface area contributed by atoms with Crippen LogP contribution < -0.4 is 5.56 Å². The minimum absolute atomic E-state index is 0.0332. The second kappa shape index (κ2) is 7.33. The first-order valence-electron chi connectivity index (χ1n) is 8.73. The van der Waals surface area contributed by atoms with Crippen molar-refractivity contribution in [2.75, 3.05) is 6.54 Å². The second-order valence-electron chi connectivity index (χ2n) is 6.61. The number of aromatic nitrogens is 2. The first-order chi connectivity index (χ1) is 13.0. The average Bonchev–Trinajstić information content (AvgIpc) is 3.16. The number of nitrogens with zero attached hydrogens (tertiary/aromatic N) is 3. The SMILES string of the molecule is O=C(Cn1cnc2ccccc2c1=O)N1CCCC1c1ccc(Cl)c(Cl)c1. The Morgan fingerprint density at radius 1 is 1.15 bits per heavy atom. The predicted octanol–water partition coefficient (Wildman–Crippen LogP) is 4.07. The normalized spacial score (nSPS) is 16.8. The fraction of sp³-hybridized carbons (Fsp3) is 0.250. The van der Waals surface area contributed by atoms with Gasteiger partial charge in [0.25, 0.3) is 5.56 Å². The van der Waals surface area contributed by atoms with Crippen molar-refractivity contribution in [1.29, 1.82) is 0 Å². The maximum absolute atomic E-state index is 12.9. The van der Waals surface area contributed by atoms with Crippen LogP contribution in [0.15, 0.2) is 53.6 Å². The van der Waals surface area contributed by atoms with Crippen LogP contribution in [0, 0.1) is 0 Å². The van der Waals surface area contributed by atoms with Gasteiger partial charge in [0, 0.05) is 6.54 Å². The third-order valence-corrected chi connectivity index (χ3v) is 5.68. The topological polar surface area (TPSA) is 55.2 Å². The molecule has 1 atom stereocenters. The van der Waals surface area contributed by atoms with Crippen molar-refractivity contribution >= 4 is 40.0 Å². The molecule has 1 unspecified atom stereocenters. The van der Waals surface area contributed by atoms with Crippen molar-refractivity contribution in [1.82, 2.24) is 14.5 Å². The van der Waals surface area contributed by atoms with E-state index in [-0.39, 0.29) is 24.1 Å². The number of fused-ring (bicyclic) bond motifs is 1. The van der Waals surface area contributed by atoms with Gasteiger partial charge < -0.3 is 4.90 Å². The third kappa shape index (κ3) is 3.45. The highest BCUT2D eigenvalue weighted by atomic mass is 35.5. The molecule has 0 bridgehead atoms. The molecular weight excluding hydrogens is 385 g/mol. The van der Waals surface area contributed by atoms with Gasteiger partial charge >= 0.3 is 0 Å². The van der Waals surface area contributed by atoms with E-state index >= 15 is 0 Å². The Kier molecular flexibility index (Phi) is 4.89. The Bertz CT molecular complexity index is 1080. The first-order valence-corrected chi connectivity index (χ1v) is 9.49. The van der Waals surface area contributed by atoms with E-state index in [1.807, 2.05) is 18.2 Å². The minimum Gasteiger partial charge on any atom is -0.334 e. The summed E-state index contributed by atoms with van der Waals surface area (Å²) in [5, 5.41) is 1.48. The van der Waals surface area contributed by atoms with Crippen LogP contribution >= 0.6 is 23.2 Å². The molecule has 2 heterocycles. The van der Waals surface area contributed by atoms with E-state index in [1.54, 1.807) is 29.2 Å². The molecule has 7 heteroatoms. The molecule has 4 rings (SSSR count). The summed E-state index contributed by atoms with van der Waals surface area (Å²) >= 11 is 12.1. The van der Waals surface area contributed by atoms with E-state index in [4.69, 9.17) is 23.2 Å². The lowest BCUT2D eigenvalue weighted by Gasteiger charge is -2.25. The summed E-state index contributed by atoms with van der Waals surface area (Å²) < 4.78 is 1.37. The lowest BCUT2D eigenvalue weighted by atomic mass is 10.0. The monoisotopic (exact) mass is 401 g/mol. The lowest BCUT2D eigenvalue weighted by Crippen LogP contribution is -2.36. The Hall–Kier alpha value is -2.37. The number of carbonyl (C=O) groups is 1. The molecule has 1 fully saturated rings. The van der Waals surface area contributed by atoms with Gasteiger partial charge in [0.15, 0.2) is 0 Å². The standard InChI is InChI=1S/C20H17Cl2N3O2/c21-15-8-7-13(10-16(15)22)18-6-3-9-25(18)19(26)11-24-12-23-17-5-2-1-4-14(17)20(24)27/h1-2,4-5,7-8,10,12,18H,3,6,9,11H2. The summed E-state index contributed by atoms with van der Waals surface area (Å²) in [4.78, 5) is 31.6. The molecule has 5 nitrogen and oxygen atoms in total. The summed E-state index contributed by atoms with van der Waals surface area (Å²) in [6, 6.07) is 12.5. The van der Waals surface area contributed by atoms with Crippen molar-refractivity contribution in [3.8, 4) is 0 Å². The molecule has 1 aromatic heterocycles. The van der Waals surface area contributed by atoms with Gasteiger partial charge in [0.2, 0.25) is 5.91 Å². The van der Waals surface area contributed by atoms with E-state index in [9.17, 15) is 9.59 Å². The van der Waals surface area contributed by atoms with Crippen LogP contribution in [0.5, 0.6) is 0 Å². The molecular formula is C20H17Cl2N3O2. The van der Waals surface area contributed by atoms with Crippen LogP contribution in [0.1, 0.15) is 24.4 Å². The maximum Gasteiger partial charge on any atom is 0.261 e. The van der Waals surface area contributed by atoms with Crippen molar-refractivity contribution < 1.29 is 4.79 Å². The molecule has 1 saturated heterocycles. The zero-order valence-corrected chi connectivity index (χ0v) is 16.0. The quantitative estimate of drug-likeness (QED) is 0.664. The van der Waals surface area contributed by atoms with Gasteiger partial charge in [-0.25, -0.2) is 4.98 Å². The maximum atomic E-state index is 12.9. The fourth-order valence-corrected chi connectivity index (χ4v) is 3.89. The Morgan fingerprint density at radius 2 is 1.96 bits per heavy atom. The highest BCUT2D eigenvalue weighted by Gasteiger charge is 2.30. The largest absolute Gasteiger partial charge is 0.334 e. The zero-order chi connectivity index (χ0) is 19.0. The molecule has 1 aliphatic rings. The Labute approximate surface area is 166 Å². The molecule has 0 spiro atoms. The summed E-state index contributed by atoms with van der Waals surface area (Å²) in [6.45, 7) is 0.619. The van der Waals surface area contributed by atoms with Crippen LogP contribution in [0.2, 0.25) is 10.0 Å². The number of likely N-dealkylation sites (tertiary alicyclic amines) is 1. The highest BCUT2D eigenvalue weighted by Crippen LogP contribution is 2.35. The summed E-state index contributed by atoms with van der Waals surface area (Å²) in [6.07, 6.45) is 3.20. The molecule has 27 heavy (non-hydrogen) atoms. The van der Waals surface area contributed by atoms with Crippen molar-refractivity contribution in [3.63, 3.8) is 0 Å². The number of benzene rings is 2. The van der Waals surface area contributed by atoms with Crippen molar-refractivity contribution in [2.45, 2.75) is 25.4 Å². The average molecular weight is 402 g/mol. The van der Waals surface area contributed by atoms with Gasteiger partial charge in [-0.1, -0.05) is 41.4 Å². The Balaban J connectivity index is 1.60. The molecule has 2 aromatic carbocycles. The van der Waals surface area contributed by atoms with Gasteiger partial charge in [-0.15, -0.1) is 0 Å². The van der Waals surface area contributed by atoms with E-state index in [1.165, 1.54) is 10.9 Å². The van der Waals surface area contributed by atoms with Crippen LogP contribution in [0.25, 0.3) is 10.9 Å². The number of amides is 1. The number of rotatable bonds is 3. The number of carbonyl (C=O) groups excluding carboxylic acids is 1. The molecule has 0 saturated carbocycles. The van der Waals surface area contributed by atoms with Gasteiger partial charge in [-0.3, -0.25) is 14.2 Å². The van der Waals surface area contributed by atoms with Crippen molar-refractivity contribution in [2.24, 2.45) is 0 Å². The molecule has 1 amide bonds. The third-order valence-electron chi connectivity index (χ3n) is 4.94. The summed E-state index contributed by atoms with van der Waals surface area (Å²) in [5.74, 6) is -0.109. The van der Waals surface area contributed by atoms with Crippen LogP contribution in [-0.4, -0.2) is 26.9 Å². The van der Waals surface area contributed by atoms with E-state index in [0.29, 0.717) is 27.5 Å². The molecule has 0 radical (unpaired) electrons. The van der Waals surface area contributed by atoms with Crippen LogP contribution in [-0.2, 0) is 11.3 Å². The molecule has 3 aromatic rings. The van der Waals surface area contributed by atoms with Crippen LogP contribution in [0.3, 0.4) is 0 Å². The number of hydrogen-bond acceptors (Lipinski definition) is 3. The van der Waals surface area contributed by atoms with Gasteiger partial charge in [0.1, 0.15) is 6.54 Å². The van der Waals surface area contributed by atoms with E-state index in [2.05, 4.69) is 4.98 Å². The lowest BCUT2D eigenvalue weighted by molar-refractivity contribution is -0.132. The number of para-hydroxylation sites is 1. The van der Waals surface area contributed by atoms with E-state index in [0.717, 1.165) is 18.4 Å². The smallest absolute Gasteiger partial charge is 0.261 e. The van der Waals surface area contributed by atoms with Crippen molar-refractivity contribution in [3.05, 3.63) is 74.8 Å². The predicted molar refractivity (Wildman–Crippen MR) is 106 cm³/mol. The van der Waals surface area contributed by atoms with Crippen LogP contribution in [0.4, 0.5) is 0 Å². The molecule has 0 aliphatic carbocycles. The van der Waals surface area contributed by atoms with Gasteiger partial charge in [-0.2, -0.15) is 0 Å². The Morgan fingerprint density at radius 3 is 2.78 bits per heavy atom. The minimum atomic E-state index is -0.209. The zero-order valence-electron chi connectivity index (χ0n) is 14.4. The van der Waals surface area contributed by atoms with Gasteiger partial charge in [0.05, 0.1) is 33.3 Å². The molecule has 1 aliphatic heterocycles. The second-order valence-corrected chi connectivity index (χ2v) is 7.43. The summed E-state index contributed by atoms with van der Waals surface area (Å²) in [7, 11) is 0.